The van der Waals surface area contributed by atoms with Crippen LogP contribution < -0.4 is 19.9 Å². The average Bonchev–Trinajstić information content (AvgIpc) is 3.15. The number of benzene rings is 1. The molecule has 1 N–H and O–H groups in total. The minimum absolute atomic E-state index is 0.180. The number of piperazine rings is 1. The highest BCUT2D eigenvalue weighted by Gasteiger charge is 2.34. The van der Waals surface area contributed by atoms with E-state index < -0.39 is 5.60 Å². The van der Waals surface area contributed by atoms with Crippen LogP contribution in [0.4, 0.5) is 16.6 Å². The van der Waals surface area contributed by atoms with Crippen LogP contribution in [0.15, 0.2) is 35.1 Å². The monoisotopic (exact) mass is 468 g/mol. The summed E-state index contributed by atoms with van der Waals surface area (Å²) in [6.07, 6.45) is -0.297. The lowest BCUT2D eigenvalue weighted by atomic mass is 10.2. The molecule has 1 aliphatic rings. The van der Waals surface area contributed by atoms with Crippen molar-refractivity contribution in [1.29, 1.82) is 0 Å². The van der Waals surface area contributed by atoms with Crippen LogP contribution in [0.25, 0.3) is 11.0 Å². The molecule has 182 valence electrons. The molecule has 2 aromatic heterocycles. The van der Waals surface area contributed by atoms with Crippen molar-refractivity contribution in [2.24, 2.45) is 7.05 Å². The molecule has 1 aliphatic heterocycles. The van der Waals surface area contributed by atoms with Crippen molar-refractivity contribution in [2.45, 2.75) is 32.9 Å². The van der Waals surface area contributed by atoms with Gasteiger partial charge in [0.25, 0.3) is 0 Å². The average molecular weight is 469 g/mol. The molecule has 0 aliphatic carbocycles. The highest BCUT2D eigenvalue weighted by atomic mass is 16.6. The van der Waals surface area contributed by atoms with E-state index in [1.807, 2.05) is 58.0 Å². The lowest BCUT2D eigenvalue weighted by molar-refractivity contribution is -0.649. The van der Waals surface area contributed by atoms with Crippen molar-refractivity contribution in [3.63, 3.8) is 0 Å². The number of nitrogens with zero attached hydrogens (tertiary/aromatic N) is 6. The van der Waals surface area contributed by atoms with E-state index in [9.17, 15) is 9.59 Å². The first-order valence-corrected chi connectivity index (χ1v) is 11.5. The maximum Gasteiger partial charge on any atom is 0.410 e. The van der Waals surface area contributed by atoms with Gasteiger partial charge in [0.1, 0.15) is 5.60 Å². The van der Waals surface area contributed by atoms with Gasteiger partial charge in [-0.25, -0.2) is 19.0 Å². The molecule has 0 saturated carbocycles. The number of carbonyl (C=O) groups is 1. The maximum absolute atomic E-state index is 13.0. The van der Waals surface area contributed by atoms with Crippen LogP contribution >= 0.6 is 0 Å². The predicted octanol–water partition coefficient (Wildman–Crippen LogP) is 1.72. The normalized spacial score (nSPS) is 14.5. The second kappa shape index (κ2) is 9.00. The van der Waals surface area contributed by atoms with Crippen molar-refractivity contribution in [2.75, 3.05) is 50.1 Å². The van der Waals surface area contributed by atoms with Crippen LogP contribution in [-0.4, -0.2) is 71.6 Å². The summed E-state index contributed by atoms with van der Waals surface area (Å²) in [5.41, 5.74) is 1.69. The van der Waals surface area contributed by atoms with Gasteiger partial charge in [-0.15, -0.1) is 5.10 Å². The molecule has 0 radical (unpaired) electrons. The number of fused-ring (bicyclic) bond motifs is 1. The molecule has 0 spiro atoms. The van der Waals surface area contributed by atoms with E-state index >= 15 is 0 Å². The Labute approximate surface area is 199 Å². The summed E-state index contributed by atoms with van der Waals surface area (Å²) in [6.45, 7) is 8.49. The lowest BCUT2D eigenvalue weighted by Crippen LogP contribution is -2.53. The topological polar surface area (TPSA) is 90.6 Å². The number of hydrogen-bond acceptors (Lipinski definition) is 6. The summed E-state index contributed by atoms with van der Waals surface area (Å²) >= 11 is 0. The Morgan fingerprint density at radius 1 is 1.15 bits per heavy atom. The second-order valence-corrected chi connectivity index (χ2v) is 9.85. The van der Waals surface area contributed by atoms with Crippen LogP contribution in [-0.2, 0) is 18.3 Å². The van der Waals surface area contributed by atoms with Crippen molar-refractivity contribution in [3.05, 3.63) is 46.2 Å². The van der Waals surface area contributed by atoms with Gasteiger partial charge in [-0.3, -0.25) is 9.69 Å². The number of aromatic nitrogens is 4. The zero-order valence-electron chi connectivity index (χ0n) is 20.8. The minimum atomic E-state index is -0.528. The van der Waals surface area contributed by atoms with Gasteiger partial charge in [0.2, 0.25) is 5.52 Å². The summed E-state index contributed by atoms with van der Waals surface area (Å²) in [6, 6.07) is 10.1. The fourth-order valence-electron chi connectivity index (χ4n) is 4.16. The zero-order chi connectivity index (χ0) is 24.6. The Kier molecular flexibility index (Phi) is 6.24. The van der Waals surface area contributed by atoms with Gasteiger partial charge < -0.3 is 14.5 Å². The third-order valence-corrected chi connectivity index (χ3v) is 5.80. The van der Waals surface area contributed by atoms with Crippen LogP contribution in [0.2, 0.25) is 0 Å². The highest BCUT2D eigenvalue weighted by molar-refractivity contribution is 5.83. The molecule has 1 aromatic carbocycles. The Hall–Kier alpha value is -3.56. The Morgan fingerprint density at radius 2 is 1.79 bits per heavy atom. The van der Waals surface area contributed by atoms with Gasteiger partial charge in [0.05, 0.1) is 32.7 Å². The molecule has 1 fully saturated rings. The van der Waals surface area contributed by atoms with E-state index in [1.165, 1.54) is 4.68 Å². The summed E-state index contributed by atoms with van der Waals surface area (Å²) in [7, 11) is 5.51. The van der Waals surface area contributed by atoms with E-state index in [0.717, 1.165) is 17.0 Å². The van der Waals surface area contributed by atoms with E-state index in [2.05, 4.69) is 31.7 Å². The molecule has 10 nitrogen and oxygen atoms in total. The molecular weight excluding hydrogens is 434 g/mol. The van der Waals surface area contributed by atoms with Gasteiger partial charge >= 0.3 is 17.6 Å². The zero-order valence-corrected chi connectivity index (χ0v) is 20.8. The number of aromatic amines is 1. The number of carbonyl (C=O) groups excluding carboxylic acids is 1. The molecule has 1 amide bonds. The first kappa shape index (κ1) is 23.6. The number of rotatable bonds is 4. The van der Waals surface area contributed by atoms with E-state index in [-0.39, 0.29) is 11.7 Å². The fraction of sp³-hybridized carbons (Fsp3) is 0.500. The standard InChI is InChI=1S/C24H33N7O3/c1-24(2,3)34-23(33)30-14-12-29(13-15-30)22-25-18-19(20(27(4)5)26-28(6)21(18)32)31(22)16-17-10-8-7-9-11-17/h7-11H,12-16H2,1-6H3/p+1. The molecule has 0 bridgehead atoms. The fourth-order valence-corrected chi connectivity index (χ4v) is 4.16. The number of aryl methyl sites for hydroxylation is 1. The Bertz CT molecular complexity index is 1230. The van der Waals surface area contributed by atoms with Gasteiger partial charge in [-0.2, -0.15) is 0 Å². The predicted molar refractivity (Wildman–Crippen MR) is 131 cm³/mol. The number of ether oxygens (including phenoxy) is 1. The molecule has 3 heterocycles. The SMILES string of the molecule is CN(C)c1nn(C)c(=O)c2[nH]c(N3CCN(C(=O)OC(C)(C)C)CC3)[n+](Cc3ccccc3)c12. The summed E-state index contributed by atoms with van der Waals surface area (Å²) in [5, 5.41) is 4.53. The van der Waals surface area contributed by atoms with Crippen LogP contribution in [0.5, 0.6) is 0 Å². The number of anilines is 2. The number of nitrogens with one attached hydrogen (secondary N) is 1. The number of amides is 1. The van der Waals surface area contributed by atoms with E-state index in [0.29, 0.717) is 44.1 Å². The second-order valence-electron chi connectivity index (χ2n) is 9.85. The Balaban J connectivity index is 1.73. The first-order chi connectivity index (χ1) is 16.0. The molecule has 0 atom stereocenters. The van der Waals surface area contributed by atoms with Gasteiger partial charge in [-0.05, 0) is 26.3 Å². The third-order valence-electron chi connectivity index (χ3n) is 5.80. The van der Waals surface area contributed by atoms with Crippen molar-refractivity contribution < 1.29 is 14.1 Å². The van der Waals surface area contributed by atoms with Gasteiger partial charge in [0.15, 0.2) is 11.3 Å². The smallest absolute Gasteiger partial charge is 0.410 e. The largest absolute Gasteiger partial charge is 0.444 e. The van der Waals surface area contributed by atoms with Crippen molar-refractivity contribution in [1.82, 2.24) is 19.7 Å². The minimum Gasteiger partial charge on any atom is -0.444 e. The summed E-state index contributed by atoms with van der Waals surface area (Å²) in [5.74, 6) is 1.54. The number of H-pyrrole nitrogens is 1. The Morgan fingerprint density at radius 3 is 2.38 bits per heavy atom. The van der Waals surface area contributed by atoms with Crippen molar-refractivity contribution >= 4 is 28.9 Å². The molecule has 3 aromatic rings. The van der Waals surface area contributed by atoms with Crippen LogP contribution in [0.1, 0.15) is 26.3 Å². The molecule has 0 unspecified atom stereocenters. The summed E-state index contributed by atoms with van der Waals surface area (Å²) in [4.78, 5) is 34.8. The van der Waals surface area contributed by atoms with E-state index in [4.69, 9.17) is 4.74 Å². The number of hydrogen-bond donors (Lipinski definition) is 1. The highest BCUT2D eigenvalue weighted by Crippen LogP contribution is 2.22. The maximum atomic E-state index is 13.0. The molecule has 10 heteroatoms. The van der Waals surface area contributed by atoms with Crippen molar-refractivity contribution in [3.8, 4) is 0 Å². The molecular formula is C24H34N7O3+. The molecule has 1 saturated heterocycles. The quantitative estimate of drug-likeness (QED) is 0.587. The summed E-state index contributed by atoms with van der Waals surface area (Å²) < 4.78 is 9.03. The van der Waals surface area contributed by atoms with Crippen LogP contribution in [0.3, 0.4) is 0 Å². The lowest BCUT2D eigenvalue weighted by Gasteiger charge is -2.33. The van der Waals surface area contributed by atoms with E-state index in [1.54, 1.807) is 11.9 Å². The van der Waals surface area contributed by atoms with Crippen LogP contribution in [0, 0.1) is 0 Å². The van der Waals surface area contributed by atoms with Gasteiger partial charge in [0, 0.05) is 21.1 Å². The first-order valence-electron chi connectivity index (χ1n) is 11.5. The van der Waals surface area contributed by atoms with Gasteiger partial charge in [-0.1, -0.05) is 30.3 Å². The molecule has 4 rings (SSSR count). The third kappa shape index (κ3) is 4.71. The molecule has 34 heavy (non-hydrogen) atoms. The number of imidazole rings is 1.